The number of rotatable bonds is 4. The summed E-state index contributed by atoms with van der Waals surface area (Å²) in [6.07, 6.45) is 1.48. The number of carbonyl (C=O) groups is 3. The molecule has 0 aromatic heterocycles. The summed E-state index contributed by atoms with van der Waals surface area (Å²) in [5.74, 6) is -0.279. The molecule has 0 bridgehead atoms. The number of thioether (sulfide) groups is 1. The maximum atomic E-state index is 12.7. The Morgan fingerprint density at radius 3 is 2.18 bits per heavy atom. The molecule has 5 nitrogen and oxygen atoms in total. The van der Waals surface area contributed by atoms with Crippen LogP contribution in [0.3, 0.4) is 0 Å². The second-order valence-corrected chi connectivity index (χ2v) is 10.1. The van der Waals surface area contributed by atoms with Crippen molar-refractivity contribution < 1.29 is 14.4 Å². The normalized spacial score (nSPS) is 17.8. The maximum Gasteiger partial charge on any atom is 0.247 e. The zero-order chi connectivity index (χ0) is 21.3. The molecule has 0 radical (unpaired) electrons. The Hall–Kier alpha value is -2.08. The van der Waals surface area contributed by atoms with Gasteiger partial charge in [0.05, 0.1) is 10.8 Å². The number of carbonyl (C=O) groups excluding carboxylic acids is 3. The largest absolute Gasteiger partial charge is 0.324 e. The molecule has 1 atom stereocenters. The standard InChI is InChI=1S/C22H30N2O3S/c1-14(20(27)23-16-10-8-15(9-11-16)21(2,3)4)24-18(26)13-28-19(24)12-17(25)22(5,6)7/h8-12,14H,13H2,1-7H3,(H,23,27)/b19-12-. The zero-order valence-corrected chi connectivity index (χ0v) is 18.6. The highest BCUT2D eigenvalue weighted by atomic mass is 32.2. The highest BCUT2D eigenvalue weighted by Gasteiger charge is 2.35. The lowest BCUT2D eigenvalue weighted by Crippen LogP contribution is -2.42. The van der Waals surface area contributed by atoms with E-state index < -0.39 is 11.5 Å². The number of hydrogen-bond acceptors (Lipinski definition) is 4. The van der Waals surface area contributed by atoms with Gasteiger partial charge in [-0.25, -0.2) is 0 Å². The minimum absolute atomic E-state index is 0.0360. The van der Waals surface area contributed by atoms with E-state index >= 15 is 0 Å². The molecule has 1 aliphatic heterocycles. The molecule has 1 aromatic rings. The Bertz CT molecular complexity index is 799. The molecule has 1 aromatic carbocycles. The average molecular weight is 403 g/mol. The molecule has 28 heavy (non-hydrogen) atoms. The fraction of sp³-hybridized carbons (Fsp3) is 0.500. The number of hydrogen-bond donors (Lipinski definition) is 1. The van der Waals surface area contributed by atoms with Gasteiger partial charge in [-0.3, -0.25) is 19.3 Å². The summed E-state index contributed by atoms with van der Waals surface area (Å²) in [4.78, 5) is 38.8. The minimum Gasteiger partial charge on any atom is -0.324 e. The van der Waals surface area contributed by atoms with Gasteiger partial charge in [-0.15, -0.1) is 0 Å². The predicted molar refractivity (Wildman–Crippen MR) is 115 cm³/mol. The zero-order valence-electron chi connectivity index (χ0n) is 17.8. The number of allylic oxidation sites excluding steroid dienone is 1. The van der Waals surface area contributed by atoms with Gasteiger partial charge in [0.2, 0.25) is 11.8 Å². The van der Waals surface area contributed by atoms with Crippen LogP contribution < -0.4 is 5.32 Å². The van der Waals surface area contributed by atoms with Gasteiger partial charge in [0.1, 0.15) is 6.04 Å². The summed E-state index contributed by atoms with van der Waals surface area (Å²) in [7, 11) is 0. The molecule has 1 N–H and O–H groups in total. The van der Waals surface area contributed by atoms with Crippen LogP contribution in [0.2, 0.25) is 0 Å². The SMILES string of the molecule is CC(C(=O)Nc1ccc(C(C)(C)C)cc1)N1C(=O)CS/C1=C\C(=O)C(C)(C)C. The molecule has 1 saturated heterocycles. The van der Waals surface area contributed by atoms with Gasteiger partial charge in [0, 0.05) is 17.2 Å². The van der Waals surface area contributed by atoms with E-state index in [1.807, 2.05) is 45.0 Å². The van der Waals surface area contributed by atoms with Crippen molar-refractivity contribution in [2.24, 2.45) is 5.41 Å². The van der Waals surface area contributed by atoms with Crippen LogP contribution >= 0.6 is 11.8 Å². The first-order chi connectivity index (χ1) is 12.8. The Morgan fingerprint density at radius 2 is 1.68 bits per heavy atom. The molecule has 0 aliphatic carbocycles. The highest BCUT2D eigenvalue weighted by molar-refractivity contribution is 8.04. The summed E-state index contributed by atoms with van der Waals surface area (Å²) < 4.78 is 0. The second-order valence-electron chi connectivity index (χ2n) is 9.14. The first-order valence-corrected chi connectivity index (χ1v) is 10.4. The molecule has 0 saturated carbocycles. The molecule has 152 valence electrons. The van der Waals surface area contributed by atoms with Crippen LogP contribution in [-0.2, 0) is 19.8 Å². The topological polar surface area (TPSA) is 66.5 Å². The van der Waals surface area contributed by atoms with Crippen molar-refractivity contribution in [3.05, 3.63) is 40.9 Å². The first-order valence-electron chi connectivity index (χ1n) is 9.43. The first kappa shape index (κ1) is 22.2. The maximum absolute atomic E-state index is 12.7. The van der Waals surface area contributed by atoms with Crippen molar-refractivity contribution in [1.82, 2.24) is 4.90 Å². The van der Waals surface area contributed by atoms with E-state index in [1.165, 1.54) is 28.3 Å². The lowest BCUT2D eigenvalue weighted by molar-refractivity contribution is -0.132. The van der Waals surface area contributed by atoms with E-state index in [4.69, 9.17) is 0 Å². The van der Waals surface area contributed by atoms with E-state index in [0.717, 1.165) is 0 Å². The van der Waals surface area contributed by atoms with Crippen molar-refractivity contribution in [2.75, 3.05) is 11.1 Å². The van der Waals surface area contributed by atoms with Crippen molar-refractivity contribution in [3.8, 4) is 0 Å². The van der Waals surface area contributed by atoms with E-state index in [2.05, 4.69) is 26.1 Å². The summed E-state index contributed by atoms with van der Waals surface area (Å²) in [5, 5.41) is 3.41. The third-order valence-corrected chi connectivity index (χ3v) is 5.63. The van der Waals surface area contributed by atoms with Crippen molar-refractivity contribution in [2.45, 2.75) is 59.9 Å². The third kappa shape index (κ3) is 5.25. The Kier molecular flexibility index (Phi) is 6.44. The number of amides is 2. The summed E-state index contributed by atoms with van der Waals surface area (Å²) in [6, 6.07) is 7.01. The summed E-state index contributed by atoms with van der Waals surface area (Å²) in [6.45, 7) is 13.6. The quantitative estimate of drug-likeness (QED) is 0.761. The average Bonchev–Trinajstić information content (AvgIpc) is 2.93. The summed E-state index contributed by atoms with van der Waals surface area (Å²) in [5.41, 5.74) is 1.36. The van der Waals surface area contributed by atoms with Gasteiger partial charge in [0.25, 0.3) is 0 Å². The van der Waals surface area contributed by atoms with E-state index in [-0.39, 0.29) is 28.8 Å². The molecule has 1 fully saturated rings. The molecule has 1 unspecified atom stereocenters. The van der Waals surface area contributed by atoms with Crippen LogP contribution in [0.15, 0.2) is 35.4 Å². The Balaban J connectivity index is 2.15. The van der Waals surface area contributed by atoms with Gasteiger partial charge in [-0.05, 0) is 30.0 Å². The van der Waals surface area contributed by atoms with Crippen molar-refractivity contribution in [1.29, 1.82) is 0 Å². The molecule has 1 heterocycles. The number of benzene rings is 1. The highest BCUT2D eigenvalue weighted by Crippen LogP contribution is 2.32. The number of nitrogens with one attached hydrogen (secondary N) is 1. The van der Waals surface area contributed by atoms with E-state index in [0.29, 0.717) is 10.7 Å². The van der Waals surface area contributed by atoms with Gasteiger partial charge < -0.3 is 5.32 Å². The van der Waals surface area contributed by atoms with Crippen molar-refractivity contribution in [3.63, 3.8) is 0 Å². The lowest BCUT2D eigenvalue weighted by atomic mass is 9.87. The van der Waals surface area contributed by atoms with Crippen LogP contribution in [0, 0.1) is 5.41 Å². The van der Waals surface area contributed by atoms with Gasteiger partial charge in [-0.2, -0.15) is 0 Å². The molecule has 6 heteroatoms. The minimum atomic E-state index is -0.705. The molecule has 1 aliphatic rings. The lowest BCUT2D eigenvalue weighted by Gasteiger charge is -2.25. The molecular weight excluding hydrogens is 372 g/mol. The van der Waals surface area contributed by atoms with Crippen LogP contribution in [0.25, 0.3) is 0 Å². The van der Waals surface area contributed by atoms with Gasteiger partial charge in [-0.1, -0.05) is 65.4 Å². The summed E-state index contributed by atoms with van der Waals surface area (Å²) >= 11 is 1.30. The van der Waals surface area contributed by atoms with Crippen LogP contribution in [0.1, 0.15) is 54.0 Å². The van der Waals surface area contributed by atoms with E-state index in [1.54, 1.807) is 6.92 Å². The number of ketones is 1. The third-order valence-electron chi connectivity index (χ3n) is 4.63. The Labute approximate surface area is 171 Å². The number of nitrogens with zero attached hydrogens (tertiary/aromatic N) is 1. The fourth-order valence-corrected chi connectivity index (χ4v) is 3.66. The Morgan fingerprint density at radius 1 is 1.11 bits per heavy atom. The van der Waals surface area contributed by atoms with Gasteiger partial charge in [0.15, 0.2) is 5.78 Å². The molecule has 2 rings (SSSR count). The van der Waals surface area contributed by atoms with Gasteiger partial charge >= 0.3 is 0 Å². The van der Waals surface area contributed by atoms with Crippen molar-refractivity contribution >= 4 is 35.0 Å². The van der Waals surface area contributed by atoms with Crippen LogP contribution in [0.5, 0.6) is 0 Å². The fourth-order valence-electron chi connectivity index (χ4n) is 2.66. The van der Waals surface area contributed by atoms with Crippen LogP contribution in [-0.4, -0.2) is 34.3 Å². The monoisotopic (exact) mass is 402 g/mol. The molecule has 2 amide bonds. The molecule has 0 spiro atoms. The number of anilines is 1. The van der Waals surface area contributed by atoms with Crippen LogP contribution in [0.4, 0.5) is 5.69 Å². The smallest absolute Gasteiger partial charge is 0.247 e. The van der Waals surface area contributed by atoms with E-state index in [9.17, 15) is 14.4 Å². The second kappa shape index (κ2) is 8.11. The predicted octanol–water partition coefficient (Wildman–Crippen LogP) is 4.34. The molecular formula is C22H30N2O3S.